The summed E-state index contributed by atoms with van der Waals surface area (Å²) in [6.07, 6.45) is 0. The van der Waals surface area contributed by atoms with E-state index in [-0.39, 0.29) is 17.1 Å². The molecule has 0 aliphatic rings. The number of hydrogen-bond donors (Lipinski definition) is 2. The normalized spacial score (nSPS) is 13.3. The molecule has 0 saturated heterocycles. The highest BCUT2D eigenvalue weighted by Crippen LogP contribution is 2.22. The molecule has 0 aliphatic carbocycles. The number of sulfonamides is 1. The molecule has 0 radical (unpaired) electrons. The van der Waals surface area contributed by atoms with E-state index in [1.54, 1.807) is 6.92 Å². The van der Waals surface area contributed by atoms with E-state index in [9.17, 15) is 17.6 Å². The number of nitrogens with two attached hydrogens (primary N) is 1. The summed E-state index contributed by atoms with van der Waals surface area (Å²) in [5.74, 6) is -1.18. The molecule has 0 saturated carbocycles. The van der Waals surface area contributed by atoms with Crippen LogP contribution >= 0.6 is 0 Å². The molecule has 0 heterocycles. The van der Waals surface area contributed by atoms with Crippen LogP contribution in [0.25, 0.3) is 0 Å². The Morgan fingerprint density at radius 1 is 1.50 bits per heavy atom. The number of benzene rings is 1. The molecule has 8 heteroatoms. The van der Waals surface area contributed by atoms with Crippen molar-refractivity contribution in [3.63, 3.8) is 0 Å². The monoisotopic (exact) mass is 303 g/mol. The molecule has 1 amide bonds. The van der Waals surface area contributed by atoms with Gasteiger partial charge in [0.25, 0.3) is 0 Å². The van der Waals surface area contributed by atoms with Crippen molar-refractivity contribution in [2.24, 2.45) is 5.73 Å². The molecule has 0 bridgehead atoms. The minimum absolute atomic E-state index is 0.106. The number of carbonyl (C=O) groups excluding carboxylic acids is 1. The van der Waals surface area contributed by atoms with E-state index in [1.165, 1.54) is 14.0 Å². The van der Waals surface area contributed by atoms with Crippen LogP contribution in [-0.2, 0) is 14.8 Å². The van der Waals surface area contributed by atoms with Crippen LogP contribution < -0.4 is 11.1 Å². The minimum atomic E-state index is -3.79. The predicted molar refractivity (Wildman–Crippen MR) is 74.2 cm³/mol. The molecule has 1 aromatic rings. The smallest absolute Gasteiger partial charge is 0.243 e. The molecule has 1 aromatic carbocycles. The third-order valence-electron chi connectivity index (χ3n) is 2.89. The Labute approximate surface area is 117 Å². The van der Waals surface area contributed by atoms with E-state index >= 15 is 0 Å². The second-order valence-electron chi connectivity index (χ2n) is 4.43. The maximum Gasteiger partial charge on any atom is 0.243 e. The van der Waals surface area contributed by atoms with Crippen molar-refractivity contribution < 1.29 is 17.6 Å². The summed E-state index contributed by atoms with van der Waals surface area (Å²) >= 11 is 0. The summed E-state index contributed by atoms with van der Waals surface area (Å²) in [6.45, 7) is 3.04. The average Bonchev–Trinajstić information content (AvgIpc) is 2.38. The van der Waals surface area contributed by atoms with E-state index in [4.69, 9.17) is 5.73 Å². The number of rotatable bonds is 5. The van der Waals surface area contributed by atoms with Gasteiger partial charge in [-0.15, -0.1) is 0 Å². The summed E-state index contributed by atoms with van der Waals surface area (Å²) in [5, 5.41) is 2.25. The maximum absolute atomic E-state index is 13.5. The van der Waals surface area contributed by atoms with Crippen LogP contribution in [0.1, 0.15) is 13.8 Å². The average molecular weight is 303 g/mol. The predicted octanol–water partition coefficient (Wildman–Crippen LogP) is 0.752. The SMILES string of the molecule is CC(=O)Nc1cc(S(=O)(=O)N(C)C(C)CN)ccc1F. The molecule has 1 atom stereocenters. The van der Waals surface area contributed by atoms with E-state index < -0.39 is 27.8 Å². The fourth-order valence-corrected chi connectivity index (χ4v) is 2.90. The molecule has 1 unspecified atom stereocenters. The van der Waals surface area contributed by atoms with E-state index in [1.807, 2.05) is 0 Å². The van der Waals surface area contributed by atoms with Gasteiger partial charge in [-0.05, 0) is 25.1 Å². The molecule has 0 aromatic heterocycles. The quantitative estimate of drug-likeness (QED) is 0.839. The van der Waals surface area contributed by atoms with Crippen molar-refractivity contribution in [1.29, 1.82) is 0 Å². The molecular formula is C12H18FN3O3S. The van der Waals surface area contributed by atoms with Crippen molar-refractivity contribution in [2.45, 2.75) is 24.8 Å². The minimum Gasteiger partial charge on any atom is -0.329 e. The fraction of sp³-hybridized carbons (Fsp3) is 0.417. The van der Waals surface area contributed by atoms with Gasteiger partial charge < -0.3 is 11.1 Å². The standard InChI is InChI=1S/C12H18FN3O3S/c1-8(7-14)16(3)20(18,19)10-4-5-11(13)12(6-10)15-9(2)17/h4-6,8H,7,14H2,1-3H3,(H,15,17). The first kappa shape index (κ1) is 16.5. The fourth-order valence-electron chi connectivity index (χ4n) is 1.50. The third-order valence-corrected chi connectivity index (χ3v) is 4.86. The zero-order valence-electron chi connectivity index (χ0n) is 11.6. The van der Waals surface area contributed by atoms with Gasteiger partial charge in [-0.25, -0.2) is 12.8 Å². The number of hydrogen-bond acceptors (Lipinski definition) is 4. The van der Waals surface area contributed by atoms with Crippen molar-refractivity contribution >= 4 is 21.6 Å². The lowest BCUT2D eigenvalue weighted by Crippen LogP contribution is -2.39. The van der Waals surface area contributed by atoms with E-state index in [2.05, 4.69) is 5.32 Å². The van der Waals surface area contributed by atoms with Crippen LogP contribution in [0.15, 0.2) is 23.1 Å². The lowest BCUT2D eigenvalue weighted by atomic mass is 10.3. The summed E-state index contributed by atoms with van der Waals surface area (Å²) in [4.78, 5) is 10.9. The molecule has 0 fully saturated rings. The first-order chi connectivity index (χ1) is 9.20. The molecule has 20 heavy (non-hydrogen) atoms. The second kappa shape index (κ2) is 6.29. The van der Waals surface area contributed by atoms with Crippen LogP contribution in [0, 0.1) is 5.82 Å². The van der Waals surface area contributed by atoms with Crippen molar-refractivity contribution in [3.05, 3.63) is 24.0 Å². The van der Waals surface area contributed by atoms with Crippen LogP contribution in [-0.4, -0.2) is 38.3 Å². The number of amides is 1. The van der Waals surface area contributed by atoms with Crippen molar-refractivity contribution in [3.8, 4) is 0 Å². The number of likely N-dealkylation sites (N-methyl/N-ethyl adjacent to an activating group) is 1. The Hall–Kier alpha value is -1.51. The van der Waals surface area contributed by atoms with Gasteiger partial charge in [-0.1, -0.05) is 0 Å². The van der Waals surface area contributed by atoms with Crippen LogP contribution in [0.5, 0.6) is 0 Å². The molecule has 3 N–H and O–H groups in total. The zero-order chi connectivity index (χ0) is 15.5. The van der Waals surface area contributed by atoms with Crippen LogP contribution in [0.2, 0.25) is 0 Å². The first-order valence-electron chi connectivity index (χ1n) is 5.95. The topological polar surface area (TPSA) is 92.5 Å². The van der Waals surface area contributed by atoms with Crippen LogP contribution in [0.3, 0.4) is 0 Å². The first-order valence-corrected chi connectivity index (χ1v) is 7.39. The summed E-state index contributed by atoms with van der Waals surface area (Å²) in [6, 6.07) is 2.84. The molecule has 1 rings (SSSR count). The van der Waals surface area contributed by atoms with Gasteiger partial charge >= 0.3 is 0 Å². The number of nitrogens with one attached hydrogen (secondary N) is 1. The van der Waals surface area contributed by atoms with Gasteiger partial charge in [-0.2, -0.15) is 4.31 Å². The van der Waals surface area contributed by atoms with Crippen molar-refractivity contribution in [1.82, 2.24) is 4.31 Å². The Kier molecular flexibility index (Phi) is 5.21. The highest BCUT2D eigenvalue weighted by atomic mass is 32.2. The largest absolute Gasteiger partial charge is 0.329 e. The summed E-state index contributed by atoms with van der Waals surface area (Å²) < 4.78 is 39.2. The Balaban J connectivity index is 3.23. The molecule has 0 spiro atoms. The maximum atomic E-state index is 13.5. The molecule has 0 aliphatic heterocycles. The Bertz CT molecular complexity index is 604. The van der Waals surface area contributed by atoms with Gasteiger partial charge in [0.15, 0.2) is 0 Å². The lowest BCUT2D eigenvalue weighted by Gasteiger charge is -2.23. The highest BCUT2D eigenvalue weighted by Gasteiger charge is 2.25. The van der Waals surface area contributed by atoms with E-state index in [0.29, 0.717) is 0 Å². The summed E-state index contributed by atoms with van der Waals surface area (Å²) in [7, 11) is -2.39. The third kappa shape index (κ3) is 3.53. The number of anilines is 1. The van der Waals surface area contributed by atoms with Gasteiger partial charge in [0.2, 0.25) is 15.9 Å². The van der Waals surface area contributed by atoms with Crippen LogP contribution in [0.4, 0.5) is 10.1 Å². The molecular weight excluding hydrogens is 285 g/mol. The Morgan fingerprint density at radius 2 is 2.10 bits per heavy atom. The zero-order valence-corrected chi connectivity index (χ0v) is 12.4. The van der Waals surface area contributed by atoms with Crippen molar-refractivity contribution in [2.75, 3.05) is 18.9 Å². The summed E-state index contributed by atoms with van der Waals surface area (Å²) in [5.41, 5.74) is 5.27. The second-order valence-corrected chi connectivity index (χ2v) is 6.43. The molecule has 6 nitrogen and oxygen atoms in total. The lowest BCUT2D eigenvalue weighted by molar-refractivity contribution is -0.114. The number of halogens is 1. The molecule has 112 valence electrons. The van der Waals surface area contributed by atoms with Gasteiger partial charge in [0.1, 0.15) is 5.82 Å². The van der Waals surface area contributed by atoms with Gasteiger partial charge in [0, 0.05) is 26.6 Å². The number of carbonyl (C=O) groups is 1. The van der Waals surface area contributed by atoms with E-state index in [0.717, 1.165) is 22.5 Å². The number of nitrogens with zero attached hydrogens (tertiary/aromatic N) is 1. The highest BCUT2D eigenvalue weighted by molar-refractivity contribution is 7.89. The van der Waals surface area contributed by atoms with Gasteiger partial charge in [-0.3, -0.25) is 4.79 Å². The Morgan fingerprint density at radius 3 is 2.60 bits per heavy atom. The van der Waals surface area contributed by atoms with Gasteiger partial charge in [0.05, 0.1) is 10.6 Å².